The number of benzene rings is 1. The van der Waals surface area contributed by atoms with E-state index in [1.807, 2.05) is 11.3 Å². The Kier molecular flexibility index (Phi) is 4.43. The van der Waals surface area contributed by atoms with Crippen LogP contribution < -0.4 is 5.32 Å². The van der Waals surface area contributed by atoms with Crippen molar-refractivity contribution in [2.45, 2.75) is 45.7 Å². The van der Waals surface area contributed by atoms with Gasteiger partial charge in [0.05, 0.1) is 0 Å². The summed E-state index contributed by atoms with van der Waals surface area (Å²) in [6.07, 6.45) is 0. The second-order valence-electron chi connectivity index (χ2n) is 6.06. The van der Waals surface area contributed by atoms with E-state index in [0.717, 1.165) is 6.54 Å². The molecule has 2 aromatic rings. The van der Waals surface area contributed by atoms with E-state index in [-0.39, 0.29) is 5.41 Å². The Bertz CT molecular complexity index is 491. The highest BCUT2D eigenvalue weighted by molar-refractivity contribution is 7.10. The summed E-state index contributed by atoms with van der Waals surface area (Å²) in [5.74, 6) is 0. The van der Waals surface area contributed by atoms with Crippen molar-refractivity contribution in [1.29, 1.82) is 0 Å². The summed E-state index contributed by atoms with van der Waals surface area (Å²) in [6.45, 7) is 9.89. The smallest absolute Gasteiger partial charge is 0.0388 e. The summed E-state index contributed by atoms with van der Waals surface area (Å²) in [7, 11) is 0. The second kappa shape index (κ2) is 5.89. The molecule has 0 fully saturated rings. The van der Waals surface area contributed by atoms with Gasteiger partial charge in [0.1, 0.15) is 0 Å². The van der Waals surface area contributed by atoms with Crippen LogP contribution >= 0.6 is 11.3 Å². The zero-order valence-corrected chi connectivity index (χ0v) is 13.1. The van der Waals surface area contributed by atoms with E-state index in [2.05, 4.69) is 74.8 Å². The van der Waals surface area contributed by atoms with Crippen molar-refractivity contribution in [3.05, 3.63) is 57.8 Å². The first kappa shape index (κ1) is 14.3. The van der Waals surface area contributed by atoms with Gasteiger partial charge in [-0.15, -0.1) is 11.3 Å². The fraction of sp³-hybridized carbons (Fsp3) is 0.412. The minimum atomic E-state index is 0.232. The van der Waals surface area contributed by atoms with Crippen LogP contribution in [0, 0.1) is 0 Å². The summed E-state index contributed by atoms with van der Waals surface area (Å²) in [6, 6.07) is 13.7. The number of nitrogens with one attached hydrogen (secondary N) is 1. The molecular formula is C17H23NS. The van der Waals surface area contributed by atoms with E-state index in [9.17, 15) is 0 Å². The summed E-state index contributed by atoms with van der Waals surface area (Å²) in [5.41, 5.74) is 2.97. The van der Waals surface area contributed by atoms with E-state index < -0.39 is 0 Å². The Hall–Kier alpha value is -1.12. The topological polar surface area (TPSA) is 12.0 Å². The third-order valence-electron chi connectivity index (χ3n) is 3.40. The molecule has 19 heavy (non-hydrogen) atoms. The lowest BCUT2D eigenvalue weighted by Crippen LogP contribution is -2.17. The Labute approximate surface area is 120 Å². The van der Waals surface area contributed by atoms with Crippen LogP contribution in [-0.2, 0) is 12.0 Å². The molecular weight excluding hydrogens is 250 g/mol. The van der Waals surface area contributed by atoms with E-state index >= 15 is 0 Å². The Balaban J connectivity index is 1.93. The zero-order chi connectivity index (χ0) is 13.9. The normalized spacial score (nSPS) is 13.5. The van der Waals surface area contributed by atoms with Gasteiger partial charge in [-0.2, -0.15) is 0 Å². The van der Waals surface area contributed by atoms with Gasteiger partial charge in [0.2, 0.25) is 0 Å². The molecule has 1 N–H and O–H groups in total. The Morgan fingerprint density at radius 2 is 1.79 bits per heavy atom. The van der Waals surface area contributed by atoms with Crippen LogP contribution in [0.3, 0.4) is 0 Å². The molecule has 0 bridgehead atoms. The fourth-order valence-electron chi connectivity index (χ4n) is 2.03. The van der Waals surface area contributed by atoms with Crippen molar-refractivity contribution in [2.24, 2.45) is 0 Å². The highest BCUT2D eigenvalue weighted by atomic mass is 32.1. The van der Waals surface area contributed by atoms with Crippen LogP contribution in [0.5, 0.6) is 0 Å². The lowest BCUT2D eigenvalue weighted by atomic mass is 9.87. The van der Waals surface area contributed by atoms with Crippen molar-refractivity contribution in [2.75, 3.05) is 0 Å². The maximum Gasteiger partial charge on any atom is 0.0388 e. The first-order valence-corrected chi connectivity index (χ1v) is 7.71. The molecule has 0 unspecified atom stereocenters. The lowest BCUT2D eigenvalue weighted by Gasteiger charge is -2.19. The summed E-state index contributed by atoms with van der Waals surface area (Å²) in [5, 5.41) is 5.70. The van der Waals surface area contributed by atoms with Crippen molar-refractivity contribution in [3.8, 4) is 0 Å². The number of rotatable bonds is 4. The molecule has 1 heterocycles. The molecule has 0 saturated heterocycles. The molecule has 0 aliphatic heterocycles. The molecule has 0 radical (unpaired) electrons. The molecule has 2 heteroatoms. The van der Waals surface area contributed by atoms with E-state index in [0.29, 0.717) is 6.04 Å². The lowest BCUT2D eigenvalue weighted by molar-refractivity contribution is 0.578. The third kappa shape index (κ3) is 3.92. The van der Waals surface area contributed by atoms with E-state index in [1.165, 1.54) is 16.0 Å². The number of thiophene rings is 1. The van der Waals surface area contributed by atoms with Crippen LogP contribution in [0.2, 0.25) is 0 Å². The van der Waals surface area contributed by atoms with Gasteiger partial charge in [-0.05, 0) is 34.9 Å². The molecule has 0 saturated carbocycles. The molecule has 1 aromatic heterocycles. The van der Waals surface area contributed by atoms with Crippen LogP contribution in [0.25, 0.3) is 0 Å². The van der Waals surface area contributed by atoms with Crippen LogP contribution in [0.15, 0.2) is 41.8 Å². The minimum absolute atomic E-state index is 0.232. The van der Waals surface area contributed by atoms with Gasteiger partial charge in [0, 0.05) is 17.5 Å². The number of hydrogen-bond acceptors (Lipinski definition) is 2. The molecule has 1 atom stereocenters. The quantitative estimate of drug-likeness (QED) is 0.835. The van der Waals surface area contributed by atoms with Gasteiger partial charge in [0.25, 0.3) is 0 Å². The van der Waals surface area contributed by atoms with Gasteiger partial charge in [-0.3, -0.25) is 0 Å². The predicted molar refractivity (Wildman–Crippen MR) is 84.7 cm³/mol. The second-order valence-corrected chi connectivity index (χ2v) is 7.04. The molecule has 0 amide bonds. The van der Waals surface area contributed by atoms with Gasteiger partial charge >= 0.3 is 0 Å². The average Bonchev–Trinajstić information content (AvgIpc) is 2.89. The minimum Gasteiger partial charge on any atom is -0.305 e. The number of hydrogen-bond donors (Lipinski definition) is 1. The zero-order valence-electron chi connectivity index (χ0n) is 12.2. The van der Waals surface area contributed by atoms with Gasteiger partial charge in [-0.25, -0.2) is 0 Å². The average molecular weight is 273 g/mol. The van der Waals surface area contributed by atoms with Gasteiger partial charge < -0.3 is 5.32 Å². The SMILES string of the molecule is C[C@@H](NCc1ccc(C(C)(C)C)cc1)c1cccs1. The monoisotopic (exact) mass is 273 g/mol. The molecule has 0 aliphatic carbocycles. The summed E-state index contributed by atoms with van der Waals surface area (Å²) in [4.78, 5) is 1.39. The fourth-order valence-corrected chi connectivity index (χ4v) is 2.79. The maximum absolute atomic E-state index is 3.57. The van der Waals surface area contributed by atoms with Crippen molar-refractivity contribution in [1.82, 2.24) is 5.32 Å². The largest absolute Gasteiger partial charge is 0.305 e. The summed E-state index contributed by atoms with van der Waals surface area (Å²) >= 11 is 1.81. The van der Waals surface area contributed by atoms with Crippen LogP contribution in [0.1, 0.15) is 49.7 Å². The maximum atomic E-state index is 3.57. The first-order chi connectivity index (χ1) is 8.97. The van der Waals surface area contributed by atoms with E-state index in [1.54, 1.807) is 0 Å². The van der Waals surface area contributed by atoms with Crippen molar-refractivity contribution < 1.29 is 0 Å². The van der Waals surface area contributed by atoms with E-state index in [4.69, 9.17) is 0 Å². The van der Waals surface area contributed by atoms with Gasteiger partial charge in [-0.1, -0.05) is 51.1 Å². The van der Waals surface area contributed by atoms with Gasteiger partial charge in [0.15, 0.2) is 0 Å². The standard InChI is InChI=1S/C17H23NS/c1-13(16-6-5-11-19-16)18-12-14-7-9-15(10-8-14)17(2,3)4/h5-11,13,18H,12H2,1-4H3/t13-/m1/s1. The highest BCUT2D eigenvalue weighted by Gasteiger charge is 2.13. The molecule has 1 nitrogen and oxygen atoms in total. The predicted octanol–water partition coefficient (Wildman–Crippen LogP) is 4.90. The van der Waals surface area contributed by atoms with Crippen molar-refractivity contribution in [3.63, 3.8) is 0 Å². The first-order valence-electron chi connectivity index (χ1n) is 6.83. The molecule has 2 rings (SSSR count). The Morgan fingerprint density at radius 3 is 2.32 bits per heavy atom. The summed E-state index contributed by atoms with van der Waals surface area (Å²) < 4.78 is 0. The van der Waals surface area contributed by atoms with Crippen LogP contribution in [0.4, 0.5) is 0 Å². The van der Waals surface area contributed by atoms with Crippen molar-refractivity contribution >= 4 is 11.3 Å². The molecule has 0 spiro atoms. The van der Waals surface area contributed by atoms with Crippen LogP contribution in [-0.4, -0.2) is 0 Å². The third-order valence-corrected chi connectivity index (χ3v) is 4.46. The molecule has 102 valence electrons. The highest BCUT2D eigenvalue weighted by Crippen LogP contribution is 2.23. The molecule has 0 aliphatic rings. The Morgan fingerprint density at radius 1 is 1.11 bits per heavy atom. The molecule has 1 aromatic carbocycles.